The van der Waals surface area contributed by atoms with Crippen LogP contribution >= 0.6 is 110 Å². The fourth-order valence-corrected chi connectivity index (χ4v) is 7.72. The molecule has 0 aromatic rings. The van der Waals surface area contributed by atoms with Gasteiger partial charge in [-0.1, -0.05) is 0 Å². The summed E-state index contributed by atoms with van der Waals surface area (Å²) in [6, 6.07) is 0. The third-order valence-corrected chi connectivity index (χ3v) is 12.6. The molecule has 0 saturated heterocycles. The molecular weight excluding hydrogens is 1900 g/mol. The Labute approximate surface area is 538 Å². The number of hydrogen-bond acceptors (Lipinski definition) is 49. The Hall–Kier alpha value is 8.00. The van der Waals surface area contributed by atoms with Gasteiger partial charge in [-0.15, -0.1) is 0 Å². The zero-order valence-corrected chi connectivity index (χ0v) is 56.3. The minimum atomic E-state index is -5.68. The summed E-state index contributed by atoms with van der Waals surface area (Å²) in [5.74, 6) is 0. The van der Waals surface area contributed by atoms with E-state index in [1.54, 1.807) is 0 Å². The van der Waals surface area contributed by atoms with E-state index in [4.69, 9.17) is 0 Å². The van der Waals surface area contributed by atoms with Crippen molar-refractivity contribution in [1.82, 2.24) is 0 Å². The molecule has 0 aliphatic heterocycles. The summed E-state index contributed by atoms with van der Waals surface area (Å²) in [7, 11) is -79.5. The van der Waals surface area contributed by atoms with Crippen LogP contribution in [0, 0.1) is 0 Å². The minimum Gasteiger partial charge on any atom is -0.790 e. The first-order valence-electron chi connectivity index (χ1n) is 10.2. The van der Waals surface area contributed by atoms with Gasteiger partial charge in [-0.05, 0) is 0 Å². The normalized spacial score (nSPS) is 11.6. The van der Waals surface area contributed by atoms with Crippen LogP contribution in [0.2, 0.25) is 0 Å². The van der Waals surface area contributed by atoms with Crippen molar-refractivity contribution < 1.29 is 435 Å². The molecule has 0 fully saturated rings. The van der Waals surface area contributed by atoms with Crippen LogP contribution in [-0.2, 0) is 298 Å². The van der Waals surface area contributed by atoms with Gasteiger partial charge in [0.25, 0.3) is 0 Å². The van der Waals surface area contributed by atoms with E-state index in [2.05, 4.69) is 30.2 Å². The molecule has 0 heterocycles. The van der Waals surface area contributed by atoms with Crippen molar-refractivity contribution in [1.29, 1.82) is 0 Å². The predicted molar refractivity (Wildman–Crippen MR) is 114 cm³/mol. The van der Waals surface area contributed by atoms with Crippen molar-refractivity contribution in [2.75, 3.05) is 0 Å². The largest absolute Gasteiger partial charge is 3.00 e. The van der Waals surface area contributed by atoms with Gasteiger partial charge < -0.3 is 231 Å². The zero-order valence-electron chi connectivity index (χ0n) is 30.5. The Balaban J connectivity index is -0.0000000280. The molecule has 0 aliphatic rings. The molecule has 0 saturated carbocycles. The quantitative estimate of drug-likeness (QED) is 0.115. The number of hydrogen-bond donors (Lipinski definition) is 0. The second-order valence-corrected chi connectivity index (χ2v) is 23.9. The van der Waals surface area contributed by atoms with Gasteiger partial charge in [0.2, 0.25) is 0 Å². The number of rotatable bonds is 14. The predicted octanol–water partition coefficient (Wildman–Crippen LogP) is -23.4. The van der Waals surface area contributed by atoms with Crippen molar-refractivity contribution in [3.63, 3.8) is 0 Å². The molecule has 75 heteroatoms. The molecule has 0 aromatic carbocycles. The summed E-state index contributed by atoms with van der Waals surface area (Å²) < 4.78 is 148. The van der Waals surface area contributed by atoms with Crippen molar-refractivity contribution in [2.24, 2.45) is 0 Å². The molecule has 0 unspecified atom stereocenters. The topological polar surface area (TPSA) is 949 Å². The molecule has 0 spiro atoms. The summed E-state index contributed by atoms with van der Waals surface area (Å²) in [6.45, 7) is 0. The van der Waals surface area contributed by atoms with E-state index in [9.17, 15) is 201 Å². The van der Waals surface area contributed by atoms with E-state index in [0.29, 0.717) is 0 Å². The summed E-state index contributed by atoms with van der Waals surface area (Å²) >= 11 is 0. The molecule has 460 valence electrons. The molecular formula is Co4Fe4Mn4O49P14. The molecule has 0 rings (SSSR count). The average molecular weight is 1900 g/mol. The third kappa shape index (κ3) is 210. The zero-order chi connectivity index (χ0) is 53.9. The van der Waals surface area contributed by atoms with E-state index in [1.807, 2.05) is 0 Å². The second kappa shape index (κ2) is 54.9. The summed E-state index contributed by atoms with van der Waals surface area (Å²) in [6.07, 6.45) is 0. The van der Waals surface area contributed by atoms with Crippen LogP contribution in [0.25, 0.3) is 0 Å². The van der Waals surface area contributed by atoms with E-state index in [0.717, 1.165) is 0 Å². The van der Waals surface area contributed by atoms with Gasteiger partial charge in [0.15, 0.2) is 0 Å². The molecule has 0 amide bonds. The molecule has 49 nitrogen and oxygen atoms in total. The van der Waals surface area contributed by atoms with Gasteiger partial charge in [0, 0.05) is 0 Å². The number of phosphoric acid groups is 14. The van der Waals surface area contributed by atoms with E-state index < -0.39 is 110 Å². The Kier molecular flexibility index (Phi) is 99.7. The molecule has 75 heavy (non-hydrogen) atoms. The van der Waals surface area contributed by atoms with E-state index in [-0.39, 0.29) is 204 Å². The third-order valence-electron chi connectivity index (χ3n) is 1.40. The smallest absolute Gasteiger partial charge is 0.790 e. The molecule has 12 radical (unpaired) electrons. The van der Waals surface area contributed by atoms with Crippen LogP contribution in [0.5, 0.6) is 0 Å². The van der Waals surface area contributed by atoms with Crippen LogP contribution in [-0.4, -0.2) is 0 Å². The Morgan fingerprint density at radius 2 is 0.173 bits per heavy atom. The Morgan fingerprint density at radius 3 is 0.173 bits per heavy atom. The van der Waals surface area contributed by atoms with Gasteiger partial charge in [-0.3, -0.25) is 0 Å². The maximum atomic E-state index is 9.32. The van der Waals surface area contributed by atoms with E-state index >= 15 is 0 Å². The van der Waals surface area contributed by atoms with Crippen LogP contribution in [0.3, 0.4) is 0 Å². The Bertz CT molecular complexity index is 1510. The van der Waals surface area contributed by atoms with E-state index in [1.165, 1.54) is 0 Å². The molecule has 0 N–H and O–H groups in total. The molecule has 0 atom stereocenters. The molecule has 0 aliphatic carbocycles. The SMILES string of the molecule is O=P([O-])([O-])OP(=O)([O-])[O-].O=P([O-])([O-])OP(=O)([O-])[O-].O=P([O-])([O-])OP(=O)([O-])[O-].O=P([O-])([O-])OP(=O)([O-])[O-].O=P([O-])([O-])OP(=O)([O-])[O-].O=P([O-])([O-])OP(=O)([O-])[O-].O=P([O-])([O-])OP(=O)([O-])[O-].[Co+2].[Co+2].[Co+2].[Co+2].[Fe+3].[Fe+3].[Fe+3].[Fe+3].[Mn+2].[Mn+2].[Mn+2].[Mn+2]. The first-order valence-corrected chi connectivity index (χ1v) is 30.7. The van der Waals surface area contributed by atoms with Crippen molar-refractivity contribution >= 4 is 110 Å². The van der Waals surface area contributed by atoms with Crippen LogP contribution in [0.4, 0.5) is 0 Å². The second-order valence-electron chi connectivity index (χ2n) is 6.83. The van der Waals surface area contributed by atoms with Crippen molar-refractivity contribution in [2.45, 2.75) is 0 Å². The maximum Gasteiger partial charge on any atom is 3.00 e. The minimum absolute atomic E-state index is 0. The summed E-state index contributed by atoms with van der Waals surface area (Å²) in [5, 5.41) is 0. The first-order chi connectivity index (χ1) is 25.9. The van der Waals surface area contributed by atoms with Gasteiger partial charge >= 0.3 is 204 Å². The average Bonchev–Trinajstić information content (AvgIpc) is 2.62. The fraction of sp³-hybridized carbons (Fsp3) is 0. The van der Waals surface area contributed by atoms with Crippen LogP contribution in [0.1, 0.15) is 0 Å². The van der Waals surface area contributed by atoms with Crippen molar-refractivity contribution in [3.8, 4) is 0 Å². The summed E-state index contributed by atoms with van der Waals surface area (Å²) in [5.41, 5.74) is 0. The standard InChI is InChI=1S/4Co.4Fe.4Mn.7H4O7P2/c;;;;;;;;;;;;7*1-8(2,3)7-9(4,5)6/h;;;;;;;;;;;;7*(H2,1,2,3)(H2,4,5,6)/q4*+2;4*+3;4*+2;;;;;;;/p-28. The maximum absolute atomic E-state index is 9.32. The van der Waals surface area contributed by atoms with Crippen LogP contribution in [0.15, 0.2) is 0 Å². The molecule has 0 aromatic heterocycles. The van der Waals surface area contributed by atoms with Gasteiger partial charge in [0.1, 0.15) is 0 Å². The molecule has 0 bridgehead atoms. The first kappa shape index (κ1) is 136. The Morgan fingerprint density at radius 1 is 0.147 bits per heavy atom. The monoisotopic (exact) mass is 1900 g/mol. The van der Waals surface area contributed by atoms with Gasteiger partial charge in [-0.25, -0.2) is 0 Å². The van der Waals surface area contributed by atoms with Crippen molar-refractivity contribution in [3.05, 3.63) is 0 Å². The summed E-state index contributed by atoms with van der Waals surface area (Å²) in [4.78, 5) is 261. The van der Waals surface area contributed by atoms with Gasteiger partial charge in [0.05, 0.1) is 110 Å². The fourth-order valence-electron chi connectivity index (χ4n) is 0.857. The van der Waals surface area contributed by atoms with Gasteiger partial charge in [-0.2, -0.15) is 0 Å². The van der Waals surface area contributed by atoms with Crippen LogP contribution < -0.4 is 137 Å².